The minimum atomic E-state index is -0.452. The Labute approximate surface area is 114 Å². The lowest BCUT2D eigenvalue weighted by molar-refractivity contribution is -0.136. The third-order valence-corrected chi connectivity index (χ3v) is 3.54. The van der Waals surface area contributed by atoms with Crippen LogP contribution in [0.2, 0.25) is 0 Å². The van der Waals surface area contributed by atoms with Gasteiger partial charge >= 0.3 is 0 Å². The molecule has 19 heavy (non-hydrogen) atoms. The SMILES string of the molecule is CN(CC(=O)NC1CC1)C(=O)CN(C)C(C)(C)CO. The van der Waals surface area contributed by atoms with Crippen molar-refractivity contribution >= 4 is 11.8 Å². The summed E-state index contributed by atoms with van der Waals surface area (Å²) in [5, 5.41) is 12.1. The number of hydrogen-bond donors (Lipinski definition) is 2. The maximum atomic E-state index is 12.0. The number of likely N-dealkylation sites (N-methyl/N-ethyl adjacent to an activating group) is 2. The van der Waals surface area contributed by atoms with Gasteiger partial charge in [-0.15, -0.1) is 0 Å². The molecule has 0 bridgehead atoms. The first-order valence-electron chi connectivity index (χ1n) is 6.61. The Morgan fingerprint density at radius 2 is 1.84 bits per heavy atom. The predicted molar refractivity (Wildman–Crippen MR) is 72.6 cm³/mol. The van der Waals surface area contributed by atoms with Crippen LogP contribution in [0.3, 0.4) is 0 Å². The van der Waals surface area contributed by atoms with Crippen molar-refractivity contribution in [2.24, 2.45) is 0 Å². The first-order chi connectivity index (χ1) is 8.76. The van der Waals surface area contributed by atoms with E-state index in [4.69, 9.17) is 0 Å². The van der Waals surface area contributed by atoms with Crippen LogP contribution >= 0.6 is 0 Å². The van der Waals surface area contributed by atoms with E-state index in [1.807, 2.05) is 13.8 Å². The smallest absolute Gasteiger partial charge is 0.239 e. The standard InChI is InChI=1S/C13H25N3O3/c1-13(2,9-17)16(4)8-12(19)15(3)7-11(18)14-10-5-6-10/h10,17H,5-9H2,1-4H3,(H,14,18). The lowest BCUT2D eigenvalue weighted by Gasteiger charge is -2.34. The highest BCUT2D eigenvalue weighted by Gasteiger charge is 2.27. The Morgan fingerprint density at radius 3 is 2.32 bits per heavy atom. The molecule has 0 aromatic rings. The van der Waals surface area contributed by atoms with Gasteiger partial charge in [0.05, 0.1) is 19.7 Å². The minimum absolute atomic E-state index is 0.0251. The summed E-state index contributed by atoms with van der Waals surface area (Å²) in [4.78, 5) is 26.8. The van der Waals surface area contributed by atoms with Gasteiger partial charge < -0.3 is 15.3 Å². The molecule has 110 valence electrons. The molecule has 0 heterocycles. The van der Waals surface area contributed by atoms with Crippen molar-refractivity contribution in [1.29, 1.82) is 0 Å². The number of amides is 2. The van der Waals surface area contributed by atoms with Gasteiger partial charge in [-0.05, 0) is 33.7 Å². The molecule has 0 saturated heterocycles. The summed E-state index contributed by atoms with van der Waals surface area (Å²) < 4.78 is 0. The van der Waals surface area contributed by atoms with Crippen molar-refractivity contribution < 1.29 is 14.7 Å². The number of aliphatic hydroxyl groups excluding tert-OH is 1. The minimum Gasteiger partial charge on any atom is -0.394 e. The lowest BCUT2D eigenvalue weighted by Crippen LogP contribution is -2.50. The summed E-state index contributed by atoms with van der Waals surface area (Å²) in [7, 11) is 3.40. The number of carbonyl (C=O) groups is 2. The van der Waals surface area contributed by atoms with Gasteiger partial charge in [-0.1, -0.05) is 0 Å². The van der Waals surface area contributed by atoms with Crippen molar-refractivity contribution in [2.75, 3.05) is 33.8 Å². The topological polar surface area (TPSA) is 72.9 Å². The van der Waals surface area contributed by atoms with E-state index < -0.39 is 5.54 Å². The van der Waals surface area contributed by atoms with E-state index in [1.54, 1.807) is 19.0 Å². The second-order valence-corrected chi connectivity index (χ2v) is 5.92. The fraction of sp³-hybridized carbons (Fsp3) is 0.846. The average Bonchev–Trinajstić information content (AvgIpc) is 3.12. The first kappa shape index (κ1) is 15.9. The molecule has 0 aromatic carbocycles. The average molecular weight is 271 g/mol. The van der Waals surface area contributed by atoms with Crippen molar-refractivity contribution in [2.45, 2.75) is 38.3 Å². The van der Waals surface area contributed by atoms with Gasteiger partial charge in [0.15, 0.2) is 0 Å². The van der Waals surface area contributed by atoms with Crippen molar-refractivity contribution in [1.82, 2.24) is 15.1 Å². The lowest BCUT2D eigenvalue weighted by atomic mass is 10.1. The molecule has 0 radical (unpaired) electrons. The molecule has 1 fully saturated rings. The Morgan fingerprint density at radius 1 is 1.26 bits per heavy atom. The van der Waals surface area contributed by atoms with Gasteiger partial charge in [-0.3, -0.25) is 14.5 Å². The molecule has 0 unspecified atom stereocenters. The molecule has 0 atom stereocenters. The summed E-state index contributed by atoms with van der Waals surface area (Å²) in [6.45, 7) is 3.96. The van der Waals surface area contributed by atoms with Gasteiger partial charge in [0.1, 0.15) is 0 Å². The van der Waals surface area contributed by atoms with E-state index in [9.17, 15) is 14.7 Å². The van der Waals surface area contributed by atoms with E-state index in [0.717, 1.165) is 12.8 Å². The molecule has 1 aliphatic rings. The maximum Gasteiger partial charge on any atom is 0.239 e. The number of nitrogens with one attached hydrogen (secondary N) is 1. The highest BCUT2D eigenvalue weighted by molar-refractivity contribution is 5.85. The maximum absolute atomic E-state index is 12.0. The molecule has 6 nitrogen and oxygen atoms in total. The van der Waals surface area contributed by atoms with E-state index in [-0.39, 0.29) is 31.5 Å². The molecule has 1 aliphatic carbocycles. The van der Waals surface area contributed by atoms with Gasteiger partial charge in [-0.25, -0.2) is 0 Å². The van der Waals surface area contributed by atoms with E-state index in [1.165, 1.54) is 4.90 Å². The quantitative estimate of drug-likeness (QED) is 0.650. The number of hydrogen-bond acceptors (Lipinski definition) is 4. The Kier molecular flexibility index (Phi) is 5.31. The third kappa shape index (κ3) is 5.16. The fourth-order valence-corrected chi connectivity index (χ4v) is 1.46. The normalized spacial score (nSPS) is 15.5. The third-order valence-electron chi connectivity index (χ3n) is 3.54. The molecule has 1 saturated carbocycles. The summed E-state index contributed by atoms with van der Waals surface area (Å²) in [5.74, 6) is -0.239. The van der Waals surface area contributed by atoms with Crippen LogP contribution in [-0.4, -0.2) is 72.1 Å². The highest BCUT2D eigenvalue weighted by Crippen LogP contribution is 2.18. The summed E-state index contributed by atoms with van der Waals surface area (Å²) in [6, 6.07) is 0.312. The van der Waals surface area contributed by atoms with Crippen LogP contribution in [0, 0.1) is 0 Å². The van der Waals surface area contributed by atoms with Crippen LogP contribution in [0.15, 0.2) is 0 Å². The second-order valence-electron chi connectivity index (χ2n) is 5.92. The zero-order chi connectivity index (χ0) is 14.6. The molecule has 2 amide bonds. The molecular formula is C13H25N3O3. The number of carbonyl (C=O) groups excluding carboxylic acids is 2. The van der Waals surface area contributed by atoms with Gasteiger partial charge in [0.25, 0.3) is 0 Å². The zero-order valence-electron chi connectivity index (χ0n) is 12.3. The molecule has 0 spiro atoms. The van der Waals surface area contributed by atoms with Gasteiger partial charge in [-0.2, -0.15) is 0 Å². The van der Waals surface area contributed by atoms with E-state index in [0.29, 0.717) is 6.04 Å². The molecular weight excluding hydrogens is 246 g/mol. The molecule has 0 aliphatic heterocycles. The Bertz CT molecular complexity index is 340. The summed E-state index contributed by atoms with van der Waals surface area (Å²) in [5.41, 5.74) is -0.452. The fourth-order valence-electron chi connectivity index (χ4n) is 1.46. The van der Waals surface area contributed by atoms with Gasteiger partial charge in [0.2, 0.25) is 11.8 Å². The predicted octanol–water partition coefficient (Wildman–Crippen LogP) is -0.574. The largest absolute Gasteiger partial charge is 0.394 e. The van der Waals surface area contributed by atoms with Crippen molar-refractivity contribution in [3.8, 4) is 0 Å². The van der Waals surface area contributed by atoms with Crippen LogP contribution < -0.4 is 5.32 Å². The summed E-state index contributed by atoms with van der Waals surface area (Å²) in [6.07, 6.45) is 2.08. The molecule has 2 N–H and O–H groups in total. The van der Waals surface area contributed by atoms with Gasteiger partial charge in [0, 0.05) is 18.6 Å². The first-order valence-corrected chi connectivity index (χ1v) is 6.61. The van der Waals surface area contributed by atoms with Crippen LogP contribution in [0.5, 0.6) is 0 Å². The zero-order valence-corrected chi connectivity index (χ0v) is 12.3. The number of nitrogens with zero attached hydrogens (tertiary/aromatic N) is 2. The van der Waals surface area contributed by atoms with Crippen LogP contribution in [0.25, 0.3) is 0 Å². The van der Waals surface area contributed by atoms with E-state index >= 15 is 0 Å². The van der Waals surface area contributed by atoms with Crippen molar-refractivity contribution in [3.63, 3.8) is 0 Å². The number of rotatable bonds is 7. The molecule has 6 heteroatoms. The van der Waals surface area contributed by atoms with E-state index in [2.05, 4.69) is 5.32 Å². The molecule has 0 aromatic heterocycles. The highest BCUT2D eigenvalue weighted by atomic mass is 16.3. The Hall–Kier alpha value is -1.14. The Balaban J connectivity index is 2.36. The summed E-state index contributed by atoms with van der Waals surface area (Å²) >= 11 is 0. The van der Waals surface area contributed by atoms with Crippen LogP contribution in [0.4, 0.5) is 0 Å². The van der Waals surface area contributed by atoms with Crippen molar-refractivity contribution in [3.05, 3.63) is 0 Å². The van der Waals surface area contributed by atoms with Crippen LogP contribution in [-0.2, 0) is 9.59 Å². The second kappa shape index (κ2) is 6.34. The van der Waals surface area contributed by atoms with Crippen LogP contribution in [0.1, 0.15) is 26.7 Å². The number of aliphatic hydroxyl groups is 1. The monoisotopic (exact) mass is 271 g/mol. The molecule has 1 rings (SSSR count).